The molecule has 0 fully saturated rings. The first-order chi connectivity index (χ1) is 13.2. The van der Waals surface area contributed by atoms with E-state index in [1.54, 1.807) is 17.8 Å². The molecule has 1 aromatic heterocycles. The highest BCUT2D eigenvalue weighted by molar-refractivity contribution is 7.98. The molecule has 28 heavy (non-hydrogen) atoms. The molecule has 3 aromatic rings. The molecule has 3 rings (SSSR count). The highest BCUT2D eigenvalue weighted by Crippen LogP contribution is 2.36. The van der Waals surface area contributed by atoms with Crippen LogP contribution in [0.1, 0.15) is 27.3 Å². The number of halogens is 4. The van der Waals surface area contributed by atoms with Crippen molar-refractivity contribution in [3.8, 4) is 16.6 Å². The van der Waals surface area contributed by atoms with Crippen LogP contribution in [0.4, 0.5) is 17.6 Å². The predicted octanol–water partition coefficient (Wildman–Crippen LogP) is 6.75. The quantitative estimate of drug-likeness (QED) is 0.345. The van der Waals surface area contributed by atoms with E-state index < -0.39 is 17.6 Å². The lowest BCUT2D eigenvalue weighted by Crippen LogP contribution is -2.07. The monoisotopic (exact) mass is 422 g/mol. The predicted molar refractivity (Wildman–Crippen MR) is 103 cm³/mol. The molecular weight excluding hydrogens is 408 g/mol. The Morgan fingerprint density at radius 1 is 1.14 bits per heavy atom. The van der Waals surface area contributed by atoms with Gasteiger partial charge < -0.3 is 0 Å². The third-order valence-electron chi connectivity index (χ3n) is 4.10. The Labute approximate surface area is 167 Å². The van der Waals surface area contributed by atoms with Gasteiger partial charge in [-0.3, -0.25) is 0 Å². The fourth-order valence-electron chi connectivity index (χ4n) is 2.56. The van der Waals surface area contributed by atoms with Crippen molar-refractivity contribution in [1.29, 1.82) is 5.26 Å². The summed E-state index contributed by atoms with van der Waals surface area (Å²) in [4.78, 5) is 6.35. The minimum atomic E-state index is -4.72. The Morgan fingerprint density at radius 3 is 2.50 bits per heavy atom. The molecule has 0 radical (unpaired) electrons. The summed E-state index contributed by atoms with van der Waals surface area (Å²) in [7, 11) is 0. The smallest absolute Gasteiger partial charge is 0.241 e. The number of aromatic nitrogens is 1. The summed E-state index contributed by atoms with van der Waals surface area (Å²) in [6, 6.07) is 10.6. The molecule has 1 heterocycles. The van der Waals surface area contributed by atoms with Crippen LogP contribution in [-0.2, 0) is 11.9 Å². The largest absolute Gasteiger partial charge is 0.419 e. The normalized spacial score (nSPS) is 11.5. The first-order valence-electron chi connectivity index (χ1n) is 8.16. The zero-order chi connectivity index (χ0) is 20.5. The SMILES string of the molecule is Cc1cc(SCc2sc(-c3ccc(C(F)(F)F)c(F)c3)nc2C)ccc1C#N. The van der Waals surface area contributed by atoms with Crippen molar-refractivity contribution in [1.82, 2.24) is 4.98 Å². The molecule has 0 bridgehead atoms. The Kier molecular flexibility index (Phi) is 5.77. The van der Waals surface area contributed by atoms with Crippen molar-refractivity contribution >= 4 is 23.1 Å². The lowest BCUT2D eigenvalue weighted by molar-refractivity contribution is -0.139. The van der Waals surface area contributed by atoms with Gasteiger partial charge in [-0.25, -0.2) is 9.37 Å². The van der Waals surface area contributed by atoms with Crippen LogP contribution in [0.5, 0.6) is 0 Å². The first kappa shape index (κ1) is 20.4. The molecule has 0 aliphatic carbocycles. The van der Waals surface area contributed by atoms with Crippen molar-refractivity contribution in [3.05, 3.63) is 69.5 Å². The van der Waals surface area contributed by atoms with Crippen LogP contribution in [0.3, 0.4) is 0 Å². The average molecular weight is 422 g/mol. The number of rotatable bonds is 4. The molecule has 0 N–H and O–H groups in total. The summed E-state index contributed by atoms with van der Waals surface area (Å²) in [6.45, 7) is 3.69. The van der Waals surface area contributed by atoms with Crippen molar-refractivity contribution < 1.29 is 17.6 Å². The second-order valence-corrected chi connectivity index (χ2v) is 8.23. The van der Waals surface area contributed by atoms with Crippen LogP contribution in [0.15, 0.2) is 41.3 Å². The van der Waals surface area contributed by atoms with E-state index in [9.17, 15) is 17.6 Å². The minimum Gasteiger partial charge on any atom is -0.241 e. The van der Waals surface area contributed by atoms with Crippen molar-refractivity contribution in [3.63, 3.8) is 0 Å². The van der Waals surface area contributed by atoms with E-state index in [0.29, 0.717) is 21.9 Å². The van der Waals surface area contributed by atoms with Gasteiger partial charge >= 0.3 is 6.18 Å². The van der Waals surface area contributed by atoms with Crippen molar-refractivity contribution in [2.75, 3.05) is 0 Å². The number of benzene rings is 2. The van der Waals surface area contributed by atoms with E-state index in [-0.39, 0.29) is 0 Å². The molecule has 2 nitrogen and oxygen atoms in total. The Balaban J connectivity index is 1.79. The van der Waals surface area contributed by atoms with Crippen LogP contribution in [-0.4, -0.2) is 4.98 Å². The summed E-state index contributed by atoms with van der Waals surface area (Å²) in [6.07, 6.45) is -4.72. The molecule has 0 aliphatic rings. The fourth-order valence-corrected chi connectivity index (χ4v) is 4.76. The van der Waals surface area contributed by atoms with Crippen LogP contribution >= 0.6 is 23.1 Å². The molecule has 0 atom stereocenters. The summed E-state index contributed by atoms with van der Waals surface area (Å²) in [5, 5.41) is 9.48. The van der Waals surface area contributed by atoms with Gasteiger partial charge in [0.2, 0.25) is 0 Å². The number of thioether (sulfide) groups is 1. The number of alkyl halides is 3. The van der Waals surface area contributed by atoms with E-state index in [1.807, 2.05) is 26.0 Å². The van der Waals surface area contributed by atoms with Crippen molar-refractivity contribution in [2.45, 2.75) is 30.7 Å². The number of thiazole rings is 1. The number of hydrogen-bond donors (Lipinski definition) is 0. The van der Waals surface area contributed by atoms with E-state index >= 15 is 0 Å². The molecule has 8 heteroatoms. The van der Waals surface area contributed by atoms with Crippen LogP contribution < -0.4 is 0 Å². The van der Waals surface area contributed by atoms with Crippen LogP contribution in [0.2, 0.25) is 0 Å². The second kappa shape index (κ2) is 7.94. The third kappa shape index (κ3) is 4.37. The number of hydrogen-bond acceptors (Lipinski definition) is 4. The van der Waals surface area contributed by atoms with Gasteiger partial charge in [0.15, 0.2) is 0 Å². The van der Waals surface area contributed by atoms with E-state index in [1.165, 1.54) is 17.4 Å². The minimum absolute atomic E-state index is 0.323. The summed E-state index contributed by atoms with van der Waals surface area (Å²) in [5.74, 6) is -0.681. The molecule has 144 valence electrons. The molecule has 0 unspecified atom stereocenters. The fraction of sp³-hybridized carbons (Fsp3) is 0.200. The molecule has 0 saturated heterocycles. The van der Waals surface area contributed by atoms with Gasteiger partial charge in [0.1, 0.15) is 10.8 Å². The maximum atomic E-state index is 13.8. The topological polar surface area (TPSA) is 36.7 Å². The summed E-state index contributed by atoms with van der Waals surface area (Å²) in [5.41, 5.74) is 1.33. The maximum absolute atomic E-state index is 13.8. The molecule has 0 aliphatic heterocycles. The Morgan fingerprint density at radius 2 is 1.89 bits per heavy atom. The van der Waals surface area contributed by atoms with E-state index in [4.69, 9.17) is 5.26 Å². The van der Waals surface area contributed by atoms with Gasteiger partial charge in [0.05, 0.1) is 22.9 Å². The highest BCUT2D eigenvalue weighted by atomic mass is 32.2. The van der Waals surface area contributed by atoms with Crippen LogP contribution in [0, 0.1) is 31.0 Å². The molecule has 0 saturated carbocycles. The molecule has 0 spiro atoms. The summed E-state index contributed by atoms with van der Waals surface area (Å²) < 4.78 is 52.0. The first-order valence-corrected chi connectivity index (χ1v) is 9.96. The van der Waals surface area contributed by atoms with Gasteiger partial charge in [-0.15, -0.1) is 23.1 Å². The van der Waals surface area contributed by atoms with Crippen LogP contribution in [0.25, 0.3) is 10.6 Å². The number of nitrogens with zero attached hydrogens (tertiary/aromatic N) is 2. The Hall–Kier alpha value is -2.37. The zero-order valence-corrected chi connectivity index (χ0v) is 16.5. The average Bonchev–Trinajstić information content (AvgIpc) is 2.99. The van der Waals surface area contributed by atoms with Gasteiger partial charge in [-0.1, -0.05) is 6.07 Å². The second-order valence-electron chi connectivity index (χ2n) is 6.10. The van der Waals surface area contributed by atoms with E-state index in [2.05, 4.69) is 11.1 Å². The lowest BCUT2D eigenvalue weighted by atomic mass is 10.1. The third-order valence-corrected chi connectivity index (χ3v) is 6.51. The van der Waals surface area contributed by atoms with Crippen molar-refractivity contribution in [2.24, 2.45) is 0 Å². The molecular formula is C20H14F4N2S2. The van der Waals surface area contributed by atoms with Gasteiger partial charge in [-0.2, -0.15) is 18.4 Å². The molecule has 0 amide bonds. The maximum Gasteiger partial charge on any atom is 0.419 e. The zero-order valence-electron chi connectivity index (χ0n) is 14.9. The number of nitriles is 1. The molecule has 2 aromatic carbocycles. The highest BCUT2D eigenvalue weighted by Gasteiger charge is 2.34. The number of aryl methyl sites for hydroxylation is 2. The van der Waals surface area contributed by atoms with E-state index in [0.717, 1.165) is 33.2 Å². The Bertz CT molecular complexity index is 1070. The summed E-state index contributed by atoms with van der Waals surface area (Å²) >= 11 is 2.91. The lowest BCUT2D eigenvalue weighted by Gasteiger charge is -2.08. The van der Waals surface area contributed by atoms with Gasteiger partial charge in [-0.05, 0) is 49.7 Å². The van der Waals surface area contributed by atoms with Gasteiger partial charge in [0.25, 0.3) is 0 Å². The standard InChI is InChI=1S/C20H14F4N2S2/c1-11-7-15(5-3-14(11)9-25)27-10-18-12(2)26-19(28-18)13-4-6-16(17(21)8-13)20(22,23)24/h3-8H,10H2,1-2H3. The van der Waals surface area contributed by atoms with Gasteiger partial charge in [0, 0.05) is 21.1 Å².